The molecular formula is C18H34N2O3S. The Kier molecular flexibility index (Phi) is 10.7. The molecule has 0 aromatic rings. The summed E-state index contributed by atoms with van der Waals surface area (Å²) < 4.78 is 9.78. The van der Waals surface area contributed by atoms with Crippen LogP contribution in [0.4, 0.5) is 4.79 Å². The first-order valence-corrected chi connectivity index (χ1v) is 11.7. The predicted molar refractivity (Wildman–Crippen MR) is 101 cm³/mol. The zero-order valence-electron chi connectivity index (χ0n) is 15.3. The van der Waals surface area contributed by atoms with E-state index in [1.165, 1.54) is 24.3 Å². The molecule has 2 unspecified atom stereocenters. The van der Waals surface area contributed by atoms with E-state index in [9.17, 15) is 4.79 Å². The lowest BCUT2D eigenvalue weighted by molar-refractivity contribution is 0.143. The molecule has 0 aliphatic carbocycles. The highest BCUT2D eigenvalue weighted by atomic mass is 32.3. The molecule has 6 heteroatoms. The second-order valence-corrected chi connectivity index (χ2v) is 11.1. The first-order chi connectivity index (χ1) is 11.6. The van der Waals surface area contributed by atoms with Gasteiger partial charge in [0.1, 0.15) is 6.61 Å². The fourth-order valence-corrected chi connectivity index (χ4v) is 5.90. The molecule has 1 rings (SSSR count). The third-order valence-electron chi connectivity index (χ3n) is 4.72. The van der Waals surface area contributed by atoms with Crippen molar-refractivity contribution in [1.29, 1.82) is 5.26 Å². The second-order valence-electron chi connectivity index (χ2n) is 6.86. The van der Waals surface area contributed by atoms with Gasteiger partial charge in [0.25, 0.3) is 6.26 Å². The number of carbonyl (C=O) groups excluding carboxylic acids is 1. The fraction of sp³-hybridized carbons (Fsp3) is 0.889. The van der Waals surface area contributed by atoms with Crippen molar-refractivity contribution in [1.82, 2.24) is 5.32 Å². The van der Waals surface area contributed by atoms with Crippen molar-refractivity contribution in [2.75, 3.05) is 37.5 Å². The van der Waals surface area contributed by atoms with Crippen LogP contribution < -0.4 is 5.32 Å². The lowest BCUT2D eigenvalue weighted by Crippen LogP contribution is -2.25. The normalized spacial score (nSPS) is 24.5. The molecule has 2 atom stereocenters. The number of nitriles is 1. The Hall–Kier alpha value is -1.09. The monoisotopic (exact) mass is 358 g/mol. The number of nitrogens with one attached hydrogen (secondary N) is 1. The molecule has 0 bridgehead atoms. The molecule has 0 saturated carbocycles. The lowest BCUT2D eigenvalue weighted by atomic mass is 10.2. The summed E-state index contributed by atoms with van der Waals surface area (Å²) in [6, 6.07) is 0. The van der Waals surface area contributed by atoms with Crippen molar-refractivity contribution in [3.05, 3.63) is 0 Å². The molecule has 1 amide bonds. The first kappa shape index (κ1) is 21.0. The Bertz CT molecular complexity index is 400. The Balaban J connectivity index is 1.77. The average molecular weight is 359 g/mol. The van der Waals surface area contributed by atoms with Crippen LogP contribution in [0.25, 0.3) is 0 Å². The van der Waals surface area contributed by atoms with Crippen molar-refractivity contribution >= 4 is 16.1 Å². The van der Waals surface area contributed by atoms with Gasteiger partial charge in [-0.3, -0.25) is 0 Å². The number of nitrogens with zero attached hydrogens (tertiary/aromatic N) is 1. The molecule has 1 heterocycles. The van der Waals surface area contributed by atoms with Crippen LogP contribution in [0.15, 0.2) is 0 Å². The van der Waals surface area contributed by atoms with Gasteiger partial charge in [0.05, 0.1) is 6.61 Å². The Morgan fingerprint density at radius 1 is 1.12 bits per heavy atom. The molecule has 1 aliphatic rings. The molecule has 0 spiro atoms. The fourth-order valence-electron chi connectivity index (χ4n) is 2.77. The van der Waals surface area contributed by atoms with Gasteiger partial charge in [-0.2, -0.15) is 5.26 Å². The lowest BCUT2D eigenvalue weighted by Gasteiger charge is -2.14. The minimum absolute atomic E-state index is 0.197. The van der Waals surface area contributed by atoms with Crippen molar-refractivity contribution in [2.45, 2.75) is 63.5 Å². The number of unbranched alkanes of at least 4 members (excludes halogenated alkanes) is 6. The zero-order valence-corrected chi connectivity index (χ0v) is 16.2. The highest BCUT2D eigenvalue weighted by Gasteiger charge is 2.40. The van der Waals surface area contributed by atoms with Gasteiger partial charge in [0.2, 0.25) is 0 Å². The highest BCUT2D eigenvalue weighted by molar-refractivity contribution is 8.39. The second kappa shape index (κ2) is 12.3. The van der Waals surface area contributed by atoms with Gasteiger partial charge >= 0.3 is 6.09 Å². The summed E-state index contributed by atoms with van der Waals surface area (Å²) in [7, 11) is -0.197. The van der Waals surface area contributed by atoms with Crippen molar-refractivity contribution < 1.29 is 14.3 Å². The quantitative estimate of drug-likeness (QED) is 0.287. The third kappa shape index (κ3) is 9.92. The van der Waals surface area contributed by atoms with E-state index in [1.54, 1.807) is 6.26 Å². The Labute approximate surface area is 148 Å². The molecular weight excluding hydrogens is 324 g/mol. The number of hydrogen-bond acceptors (Lipinski definition) is 4. The van der Waals surface area contributed by atoms with Gasteiger partial charge in [-0.15, -0.1) is 0 Å². The SMILES string of the molecule is CC1CS1(C)CCCCCCOC(=O)NCCCCCCOC#N. The number of carbonyl (C=O) groups is 1. The molecule has 5 nitrogen and oxygen atoms in total. The van der Waals surface area contributed by atoms with Gasteiger partial charge in [-0.05, 0) is 55.1 Å². The van der Waals surface area contributed by atoms with E-state index in [2.05, 4.69) is 23.2 Å². The van der Waals surface area contributed by atoms with Crippen LogP contribution >= 0.6 is 10.0 Å². The molecule has 0 aromatic heterocycles. The average Bonchev–Trinajstić information content (AvgIpc) is 3.16. The van der Waals surface area contributed by atoms with E-state index in [0.29, 0.717) is 19.8 Å². The smallest absolute Gasteiger partial charge is 0.407 e. The number of rotatable bonds is 14. The largest absolute Gasteiger partial charge is 0.450 e. The van der Waals surface area contributed by atoms with E-state index < -0.39 is 0 Å². The molecule has 1 N–H and O–H groups in total. The number of alkyl carbamates (subject to hydrolysis) is 1. The van der Waals surface area contributed by atoms with Crippen LogP contribution in [0, 0.1) is 11.5 Å². The van der Waals surface area contributed by atoms with Gasteiger partial charge in [0, 0.05) is 6.54 Å². The summed E-state index contributed by atoms with van der Waals surface area (Å²) in [6.07, 6.45) is 12.4. The number of hydrogen-bond donors (Lipinski definition) is 1. The zero-order chi connectivity index (χ0) is 17.7. The van der Waals surface area contributed by atoms with Crippen molar-refractivity contribution in [3.63, 3.8) is 0 Å². The summed E-state index contributed by atoms with van der Waals surface area (Å²) in [5.74, 6) is 2.90. The van der Waals surface area contributed by atoms with Gasteiger partial charge in [-0.1, -0.05) is 26.2 Å². The van der Waals surface area contributed by atoms with Gasteiger partial charge in [0.15, 0.2) is 0 Å². The van der Waals surface area contributed by atoms with E-state index in [0.717, 1.165) is 43.8 Å². The maximum Gasteiger partial charge on any atom is 0.407 e. The molecule has 1 fully saturated rings. The van der Waals surface area contributed by atoms with E-state index >= 15 is 0 Å². The molecule has 140 valence electrons. The summed E-state index contributed by atoms with van der Waals surface area (Å²) >= 11 is 0. The highest BCUT2D eigenvalue weighted by Crippen LogP contribution is 2.65. The maximum atomic E-state index is 11.5. The molecule has 0 radical (unpaired) electrons. The van der Waals surface area contributed by atoms with E-state index in [1.807, 2.05) is 0 Å². The minimum atomic E-state index is -0.299. The van der Waals surface area contributed by atoms with Crippen molar-refractivity contribution in [2.24, 2.45) is 0 Å². The van der Waals surface area contributed by atoms with Crippen molar-refractivity contribution in [3.8, 4) is 6.26 Å². The van der Waals surface area contributed by atoms with Crippen LogP contribution in [-0.4, -0.2) is 48.9 Å². The van der Waals surface area contributed by atoms with Crippen LogP contribution in [0.3, 0.4) is 0 Å². The molecule has 24 heavy (non-hydrogen) atoms. The predicted octanol–water partition coefficient (Wildman–Crippen LogP) is 4.17. The van der Waals surface area contributed by atoms with Gasteiger partial charge < -0.3 is 14.8 Å². The van der Waals surface area contributed by atoms with Crippen LogP contribution in [0.5, 0.6) is 0 Å². The third-order valence-corrected chi connectivity index (χ3v) is 8.88. The minimum Gasteiger partial charge on any atom is -0.450 e. The summed E-state index contributed by atoms with van der Waals surface area (Å²) in [4.78, 5) is 11.5. The Morgan fingerprint density at radius 2 is 1.75 bits per heavy atom. The standard InChI is InChI=1S/C18H34N2O3S/c1-17-15-24(17,2)14-10-6-5-9-13-23-18(21)20-11-7-3-4-8-12-22-16-19/h17H,3-15H2,1-2H3,(H,20,21). The maximum absolute atomic E-state index is 11.5. The van der Waals surface area contributed by atoms with E-state index in [4.69, 9.17) is 10.00 Å². The van der Waals surface area contributed by atoms with Crippen LogP contribution in [0.1, 0.15) is 58.3 Å². The topological polar surface area (TPSA) is 71.3 Å². The van der Waals surface area contributed by atoms with E-state index in [-0.39, 0.29) is 16.1 Å². The van der Waals surface area contributed by atoms with Gasteiger partial charge in [-0.25, -0.2) is 14.8 Å². The summed E-state index contributed by atoms with van der Waals surface area (Å²) in [6.45, 7) is 4.05. The molecule has 1 saturated heterocycles. The van der Waals surface area contributed by atoms with Crippen LogP contribution in [-0.2, 0) is 9.47 Å². The first-order valence-electron chi connectivity index (χ1n) is 9.22. The summed E-state index contributed by atoms with van der Waals surface area (Å²) in [5.41, 5.74) is 0. The molecule has 1 aliphatic heterocycles. The number of amides is 1. The molecule has 0 aromatic carbocycles. The Morgan fingerprint density at radius 3 is 2.42 bits per heavy atom. The number of ether oxygens (including phenoxy) is 2. The summed E-state index contributed by atoms with van der Waals surface area (Å²) in [5, 5.41) is 12.0. The van der Waals surface area contributed by atoms with Crippen LogP contribution in [0.2, 0.25) is 0 Å².